The van der Waals surface area contributed by atoms with Crippen molar-refractivity contribution in [2.75, 3.05) is 14.2 Å². The SMILES string of the molecule is COc1ccc2c(c1)[C@@H](N)CC(C)(C(C)OC)O2. The van der Waals surface area contributed by atoms with E-state index in [1.807, 2.05) is 32.0 Å². The van der Waals surface area contributed by atoms with Crippen LogP contribution in [0.15, 0.2) is 18.2 Å². The van der Waals surface area contributed by atoms with Crippen LogP contribution in [0.5, 0.6) is 11.5 Å². The fourth-order valence-corrected chi connectivity index (χ4v) is 2.37. The molecule has 0 aliphatic carbocycles. The second-order valence-electron chi connectivity index (χ2n) is 5.01. The van der Waals surface area contributed by atoms with E-state index in [-0.39, 0.29) is 12.1 Å². The Labute approximate surface area is 108 Å². The summed E-state index contributed by atoms with van der Waals surface area (Å²) in [6.07, 6.45) is 0.709. The average Bonchev–Trinajstić information content (AvgIpc) is 2.37. The molecule has 1 aromatic carbocycles. The molecule has 1 aliphatic heterocycles. The van der Waals surface area contributed by atoms with E-state index in [1.165, 1.54) is 0 Å². The number of ether oxygens (including phenoxy) is 3. The van der Waals surface area contributed by atoms with E-state index in [2.05, 4.69) is 0 Å². The number of nitrogens with two attached hydrogens (primary N) is 1. The largest absolute Gasteiger partial charge is 0.497 e. The second-order valence-corrected chi connectivity index (χ2v) is 5.01. The van der Waals surface area contributed by atoms with Crippen LogP contribution in [0.4, 0.5) is 0 Å². The van der Waals surface area contributed by atoms with E-state index in [1.54, 1.807) is 14.2 Å². The number of hydrogen-bond donors (Lipinski definition) is 1. The molecule has 0 aromatic heterocycles. The number of hydrogen-bond acceptors (Lipinski definition) is 4. The Bertz CT molecular complexity index is 435. The molecule has 0 radical (unpaired) electrons. The molecule has 0 saturated heterocycles. The van der Waals surface area contributed by atoms with Gasteiger partial charge in [-0.15, -0.1) is 0 Å². The third kappa shape index (κ3) is 2.18. The summed E-state index contributed by atoms with van der Waals surface area (Å²) < 4.78 is 16.7. The first-order valence-corrected chi connectivity index (χ1v) is 6.15. The van der Waals surface area contributed by atoms with Crippen LogP contribution >= 0.6 is 0 Å². The molecule has 2 unspecified atom stereocenters. The van der Waals surface area contributed by atoms with Crippen LogP contribution in [-0.2, 0) is 4.74 Å². The van der Waals surface area contributed by atoms with Gasteiger partial charge >= 0.3 is 0 Å². The lowest BCUT2D eigenvalue weighted by Gasteiger charge is -2.41. The maximum atomic E-state index is 6.25. The lowest BCUT2D eigenvalue weighted by Crippen LogP contribution is -2.49. The fraction of sp³-hybridized carbons (Fsp3) is 0.571. The van der Waals surface area contributed by atoms with Gasteiger partial charge in [0.25, 0.3) is 0 Å². The summed E-state index contributed by atoms with van der Waals surface area (Å²) in [6.45, 7) is 4.04. The third-order valence-corrected chi connectivity index (χ3v) is 3.80. The average molecular weight is 251 g/mol. The molecule has 1 heterocycles. The van der Waals surface area contributed by atoms with Gasteiger partial charge in [-0.25, -0.2) is 0 Å². The molecule has 0 amide bonds. The van der Waals surface area contributed by atoms with Crippen molar-refractivity contribution in [1.29, 1.82) is 0 Å². The molecule has 0 bridgehead atoms. The molecule has 4 heteroatoms. The summed E-state index contributed by atoms with van der Waals surface area (Å²) in [5.74, 6) is 1.62. The quantitative estimate of drug-likeness (QED) is 0.895. The molecule has 2 rings (SSSR count). The minimum absolute atomic E-state index is 0.0150. The number of methoxy groups -OCH3 is 2. The van der Waals surface area contributed by atoms with Gasteiger partial charge in [0.15, 0.2) is 0 Å². The summed E-state index contributed by atoms with van der Waals surface area (Å²) in [5, 5.41) is 0. The van der Waals surface area contributed by atoms with Crippen LogP contribution in [0.3, 0.4) is 0 Å². The molecule has 18 heavy (non-hydrogen) atoms. The maximum Gasteiger partial charge on any atom is 0.134 e. The summed E-state index contributed by atoms with van der Waals surface area (Å²) >= 11 is 0. The summed E-state index contributed by atoms with van der Waals surface area (Å²) in [6, 6.07) is 5.67. The van der Waals surface area contributed by atoms with Gasteiger partial charge in [-0.3, -0.25) is 0 Å². The minimum Gasteiger partial charge on any atom is -0.497 e. The van der Waals surface area contributed by atoms with Crippen LogP contribution in [0, 0.1) is 0 Å². The van der Waals surface area contributed by atoms with Gasteiger partial charge < -0.3 is 19.9 Å². The minimum atomic E-state index is -0.393. The summed E-state index contributed by atoms with van der Waals surface area (Å²) in [7, 11) is 3.34. The van der Waals surface area contributed by atoms with Crippen molar-refractivity contribution in [2.45, 2.75) is 38.0 Å². The van der Waals surface area contributed by atoms with E-state index in [0.717, 1.165) is 23.5 Å². The van der Waals surface area contributed by atoms with Crippen LogP contribution < -0.4 is 15.2 Å². The van der Waals surface area contributed by atoms with Gasteiger partial charge in [0.05, 0.1) is 13.2 Å². The first kappa shape index (κ1) is 13.2. The van der Waals surface area contributed by atoms with Crippen molar-refractivity contribution < 1.29 is 14.2 Å². The summed E-state index contributed by atoms with van der Waals surface area (Å²) in [5.41, 5.74) is 6.85. The topological polar surface area (TPSA) is 53.7 Å². The molecule has 0 spiro atoms. The molecule has 3 atom stereocenters. The normalized spacial score (nSPS) is 28.2. The Hall–Kier alpha value is -1.26. The first-order chi connectivity index (χ1) is 8.50. The molecule has 100 valence electrons. The Balaban J connectivity index is 2.35. The van der Waals surface area contributed by atoms with Gasteiger partial charge in [0.2, 0.25) is 0 Å². The number of benzene rings is 1. The highest BCUT2D eigenvalue weighted by Crippen LogP contribution is 2.41. The van der Waals surface area contributed by atoms with E-state index < -0.39 is 5.60 Å². The predicted molar refractivity (Wildman–Crippen MR) is 70.0 cm³/mol. The van der Waals surface area contributed by atoms with E-state index in [4.69, 9.17) is 19.9 Å². The van der Waals surface area contributed by atoms with Crippen molar-refractivity contribution in [3.8, 4) is 11.5 Å². The van der Waals surface area contributed by atoms with Gasteiger partial charge in [-0.05, 0) is 32.0 Å². The maximum absolute atomic E-state index is 6.25. The lowest BCUT2D eigenvalue weighted by molar-refractivity contribution is -0.0707. The molecule has 1 aliphatic rings. The Morgan fingerprint density at radius 2 is 2.17 bits per heavy atom. The first-order valence-electron chi connectivity index (χ1n) is 6.15. The molecule has 4 nitrogen and oxygen atoms in total. The van der Waals surface area contributed by atoms with Gasteiger partial charge in [-0.1, -0.05) is 0 Å². The van der Waals surface area contributed by atoms with Crippen LogP contribution in [0.1, 0.15) is 31.9 Å². The van der Waals surface area contributed by atoms with E-state index >= 15 is 0 Å². The highest BCUT2D eigenvalue weighted by molar-refractivity contribution is 5.44. The van der Waals surface area contributed by atoms with E-state index in [9.17, 15) is 0 Å². The molecule has 2 N–H and O–H groups in total. The molecular formula is C14H21NO3. The number of rotatable bonds is 3. The van der Waals surface area contributed by atoms with Crippen LogP contribution in [0.2, 0.25) is 0 Å². The van der Waals surface area contributed by atoms with Crippen LogP contribution in [0.25, 0.3) is 0 Å². The Morgan fingerprint density at radius 1 is 1.44 bits per heavy atom. The lowest BCUT2D eigenvalue weighted by atomic mass is 9.85. The third-order valence-electron chi connectivity index (χ3n) is 3.80. The van der Waals surface area contributed by atoms with Crippen molar-refractivity contribution >= 4 is 0 Å². The highest BCUT2D eigenvalue weighted by atomic mass is 16.5. The van der Waals surface area contributed by atoms with Crippen molar-refractivity contribution in [3.05, 3.63) is 23.8 Å². The highest BCUT2D eigenvalue weighted by Gasteiger charge is 2.40. The van der Waals surface area contributed by atoms with Crippen molar-refractivity contribution in [2.24, 2.45) is 5.73 Å². The van der Waals surface area contributed by atoms with Crippen LogP contribution in [-0.4, -0.2) is 25.9 Å². The van der Waals surface area contributed by atoms with Crippen molar-refractivity contribution in [3.63, 3.8) is 0 Å². The standard InChI is InChI=1S/C14H21NO3/c1-9(16-3)14(2)8-12(15)11-7-10(17-4)5-6-13(11)18-14/h5-7,9,12H,8,15H2,1-4H3/t9?,12-,14?/m0/s1. The molecule has 1 aromatic rings. The van der Waals surface area contributed by atoms with E-state index in [0.29, 0.717) is 0 Å². The van der Waals surface area contributed by atoms with Gasteiger partial charge in [0.1, 0.15) is 17.1 Å². The Morgan fingerprint density at radius 3 is 2.78 bits per heavy atom. The summed E-state index contributed by atoms with van der Waals surface area (Å²) in [4.78, 5) is 0. The fourth-order valence-electron chi connectivity index (χ4n) is 2.37. The molecular weight excluding hydrogens is 230 g/mol. The second kappa shape index (κ2) is 4.78. The van der Waals surface area contributed by atoms with Gasteiger partial charge in [0, 0.05) is 25.1 Å². The smallest absolute Gasteiger partial charge is 0.134 e. The molecule has 0 fully saturated rings. The molecule has 0 saturated carbocycles. The predicted octanol–water partition coefficient (Wildman–Crippen LogP) is 2.27. The van der Waals surface area contributed by atoms with Crippen molar-refractivity contribution in [1.82, 2.24) is 0 Å². The zero-order valence-electron chi connectivity index (χ0n) is 11.4. The zero-order chi connectivity index (χ0) is 13.3. The zero-order valence-corrected chi connectivity index (χ0v) is 11.4. The Kier molecular flexibility index (Phi) is 3.50. The monoisotopic (exact) mass is 251 g/mol. The van der Waals surface area contributed by atoms with Gasteiger partial charge in [-0.2, -0.15) is 0 Å². The number of fused-ring (bicyclic) bond motifs is 1.